The minimum Gasteiger partial charge on any atom is -0.496 e. The lowest BCUT2D eigenvalue weighted by Crippen LogP contribution is -2.31. The Kier molecular flexibility index (Phi) is 4.74. The highest BCUT2D eigenvalue weighted by atomic mass is 16.5. The Hall–Kier alpha value is -3.22. The van der Waals surface area contributed by atoms with E-state index in [0.717, 1.165) is 11.2 Å². The SMILES string of the molecule is COc1cc(C)n(CCNC(=O)c2ccc3nccnc3c2)c(=O)c1. The number of rotatable bonds is 5. The molecular formula is C18H18N4O3. The smallest absolute Gasteiger partial charge is 0.254 e. The van der Waals surface area contributed by atoms with Gasteiger partial charge >= 0.3 is 0 Å². The molecular weight excluding hydrogens is 320 g/mol. The van der Waals surface area contributed by atoms with Crippen LogP contribution in [0.15, 0.2) is 47.5 Å². The average molecular weight is 338 g/mol. The lowest BCUT2D eigenvalue weighted by atomic mass is 10.2. The van der Waals surface area contributed by atoms with Crippen molar-refractivity contribution in [1.29, 1.82) is 0 Å². The van der Waals surface area contributed by atoms with Crippen molar-refractivity contribution in [2.24, 2.45) is 0 Å². The topological polar surface area (TPSA) is 86.1 Å². The molecule has 0 aliphatic heterocycles. The molecule has 0 saturated heterocycles. The molecule has 1 N–H and O–H groups in total. The first-order chi connectivity index (χ1) is 12.1. The Morgan fingerprint density at radius 2 is 1.92 bits per heavy atom. The fraction of sp³-hybridized carbons (Fsp3) is 0.222. The summed E-state index contributed by atoms with van der Waals surface area (Å²) in [5.74, 6) is 0.312. The van der Waals surface area contributed by atoms with Gasteiger partial charge in [-0.05, 0) is 31.2 Å². The zero-order valence-electron chi connectivity index (χ0n) is 14.0. The summed E-state index contributed by atoms with van der Waals surface area (Å²) in [6.45, 7) is 2.55. The average Bonchev–Trinajstić information content (AvgIpc) is 2.63. The lowest BCUT2D eigenvalue weighted by molar-refractivity contribution is 0.0952. The summed E-state index contributed by atoms with van der Waals surface area (Å²) in [6.07, 6.45) is 3.19. The molecule has 128 valence electrons. The molecule has 0 spiro atoms. The molecule has 1 aromatic carbocycles. The van der Waals surface area contributed by atoms with Gasteiger partial charge in [0.25, 0.3) is 11.5 Å². The third kappa shape index (κ3) is 3.65. The number of nitrogens with one attached hydrogen (secondary N) is 1. The summed E-state index contributed by atoms with van der Waals surface area (Å²) < 4.78 is 6.66. The molecule has 2 aromatic heterocycles. The molecule has 0 fully saturated rings. The van der Waals surface area contributed by atoms with Crippen molar-refractivity contribution < 1.29 is 9.53 Å². The number of fused-ring (bicyclic) bond motifs is 1. The minimum absolute atomic E-state index is 0.160. The van der Waals surface area contributed by atoms with Gasteiger partial charge in [0.05, 0.1) is 18.1 Å². The number of carbonyl (C=O) groups excluding carboxylic acids is 1. The summed E-state index contributed by atoms with van der Waals surface area (Å²) in [4.78, 5) is 32.7. The summed E-state index contributed by atoms with van der Waals surface area (Å²) in [5.41, 5.74) is 2.52. The van der Waals surface area contributed by atoms with Crippen LogP contribution in [0.2, 0.25) is 0 Å². The molecule has 25 heavy (non-hydrogen) atoms. The highest BCUT2D eigenvalue weighted by Crippen LogP contribution is 2.11. The number of carbonyl (C=O) groups is 1. The van der Waals surface area contributed by atoms with Gasteiger partial charge in [-0.25, -0.2) is 0 Å². The van der Waals surface area contributed by atoms with E-state index in [1.54, 1.807) is 41.2 Å². The molecule has 0 bridgehead atoms. The maximum Gasteiger partial charge on any atom is 0.254 e. The summed E-state index contributed by atoms with van der Waals surface area (Å²) in [7, 11) is 1.52. The van der Waals surface area contributed by atoms with E-state index in [9.17, 15) is 9.59 Å². The molecule has 0 radical (unpaired) electrons. The summed E-state index contributed by atoms with van der Waals surface area (Å²) >= 11 is 0. The number of pyridine rings is 1. The predicted octanol–water partition coefficient (Wildman–Crippen LogP) is 1.54. The Morgan fingerprint density at radius 3 is 2.64 bits per heavy atom. The molecule has 3 aromatic rings. The van der Waals surface area contributed by atoms with Crippen LogP contribution in [-0.2, 0) is 6.54 Å². The number of nitrogens with zero attached hydrogens (tertiary/aromatic N) is 3. The highest BCUT2D eigenvalue weighted by Gasteiger charge is 2.08. The Morgan fingerprint density at radius 1 is 1.16 bits per heavy atom. The molecule has 0 aliphatic rings. The van der Waals surface area contributed by atoms with Crippen LogP contribution in [0.1, 0.15) is 16.1 Å². The molecule has 1 amide bonds. The molecule has 0 atom stereocenters. The van der Waals surface area contributed by atoms with Gasteiger partial charge in [-0.1, -0.05) is 0 Å². The van der Waals surface area contributed by atoms with E-state index in [1.165, 1.54) is 13.2 Å². The maximum absolute atomic E-state index is 12.3. The Balaban J connectivity index is 1.67. The standard InChI is InChI=1S/C18H18N4O3/c1-12-9-14(25-2)11-17(23)22(12)8-7-21-18(24)13-3-4-15-16(10-13)20-6-5-19-15/h3-6,9-11H,7-8H2,1-2H3,(H,21,24). The van der Waals surface area contributed by atoms with Crippen molar-refractivity contribution in [1.82, 2.24) is 19.9 Å². The van der Waals surface area contributed by atoms with Gasteiger partial charge in [0.1, 0.15) is 5.75 Å². The van der Waals surface area contributed by atoms with Crippen LogP contribution in [0, 0.1) is 6.92 Å². The van der Waals surface area contributed by atoms with Crippen LogP contribution in [-0.4, -0.2) is 34.1 Å². The molecule has 0 aliphatic carbocycles. The molecule has 0 unspecified atom stereocenters. The van der Waals surface area contributed by atoms with Gasteiger partial charge in [0.2, 0.25) is 0 Å². The van der Waals surface area contributed by atoms with Crippen LogP contribution < -0.4 is 15.6 Å². The number of hydrogen-bond donors (Lipinski definition) is 1. The van der Waals surface area contributed by atoms with Crippen molar-refractivity contribution >= 4 is 16.9 Å². The van der Waals surface area contributed by atoms with Crippen LogP contribution in [0.5, 0.6) is 5.75 Å². The molecule has 7 nitrogen and oxygen atoms in total. The second-order valence-electron chi connectivity index (χ2n) is 5.54. The van der Waals surface area contributed by atoms with Gasteiger partial charge in [0, 0.05) is 42.8 Å². The number of aromatic nitrogens is 3. The van der Waals surface area contributed by atoms with E-state index in [4.69, 9.17) is 4.74 Å². The van der Waals surface area contributed by atoms with Gasteiger partial charge in [-0.2, -0.15) is 0 Å². The summed E-state index contributed by atoms with van der Waals surface area (Å²) in [5, 5.41) is 2.82. The van der Waals surface area contributed by atoms with E-state index in [0.29, 0.717) is 29.9 Å². The highest BCUT2D eigenvalue weighted by molar-refractivity contribution is 5.97. The Bertz CT molecular complexity index is 981. The number of amides is 1. The normalized spacial score (nSPS) is 10.6. The number of benzene rings is 1. The molecule has 3 rings (SSSR count). The van der Waals surface area contributed by atoms with E-state index in [1.807, 2.05) is 6.92 Å². The quantitative estimate of drug-likeness (QED) is 0.762. The number of ether oxygens (including phenoxy) is 1. The van der Waals surface area contributed by atoms with Crippen LogP contribution in [0.4, 0.5) is 0 Å². The molecule has 7 heteroatoms. The van der Waals surface area contributed by atoms with Gasteiger partial charge < -0.3 is 14.6 Å². The van der Waals surface area contributed by atoms with Crippen molar-refractivity contribution in [3.8, 4) is 5.75 Å². The second kappa shape index (κ2) is 7.12. The van der Waals surface area contributed by atoms with Crippen molar-refractivity contribution in [3.05, 3.63) is 64.3 Å². The fourth-order valence-electron chi connectivity index (χ4n) is 2.59. The van der Waals surface area contributed by atoms with Gasteiger partial charge in [0.15, 0.2) is 0 Å². The first-order valence-electron chi connectivity index (χ1n) is 7.83. The maximum atomic E-state index is 12.3. The van der Waals surface area contributed by atoms with Gasteiger partial charge in [-0.3, -0.25) is 19.6 Å². The third-order valence-electron chi connectivity index (χ3n) is 3.90. The zero-order chi connectivity index (χ0) is 17.8. The van der Waals surface area contributed by atoms with E-state index < -0.39 is 0 Å². The van der Waals surface area contributed by atoms with Crippen molar-refractivity contribution in [3.63, 3.8) is 0 Å². The first-order valence-corrected chi connectivity index (χ1v) is 7.83. The van der Waals surface area contributed by atoms with Crippen LogP contribution in [0.25, 0.3) is 11.0 Å². The monoisotopic (exact) mass is 338 g/mol. The zero-order valence-corrected chi connectivity index (χ0v) is 14.0. The number of methoxy groups -OCH3 is 1. The van der Waals surface area contributed by atoms with Crippen LogP contribution >= 0.6 is 0 Å². The van der Waals surface area contributed by atoms with Crippen LogP contribution in [0.3, 0.4) is 0 Å². The third-order valence-corrected chi connectivity index (χ3v) is 3.90. The van der Waals surface area contributed by atoms with Gasteiger partial charge in [-0.15, -0.1) is 0 Å². The largest absolute Gasteiger partial charge is 0.496 e. The van der Waals surface area contributed by atoms with Crippen molar-refractivity contribution in [2.45, 2.75) is 13.5 Å². The molecule has 2 heterocycles. The van der Waals surface area contributed by atoms with Crippen molar-refractivity contribution in [2.75, 3.05) is 13.7 Å². The number of aryl methyl sites for hydroxylation is 1. The van der Waals surface area contributed by atoms with E-state index >= 15 is 0 Å². The summed E-state index contributed by atoms with van der Waals surface area (Å²) in [6, 6.07) is 8.37. The van der Waals surface area contributed by atoms with E-state index in [2.05, 4.69) is 15.3 Å². The fourth-order valence-corrected chi connectivity index (χ4v) is 2.59. The first kappa shape index (κ1) is 16.6. The number of hydrogen-bond acceptors (Lipinski definition) is 5. The lowest BCUT2D eigenvalue weighted by Gasteiger charge is -2.12. The minimum atomic E-state index is -0.216. The molecule has 0 saturated carbocycles. The predicted molar refractivity (Wildman–Crippen MR) is 93.9 cm³/mol. The second-order valence-corrected chi connectivity index (χ2v) is 5.54. The Labute approximate surface area is 144 Å². The van der Waals surface area contributed by atoms with E-state index in [-0.39, 0.29) is 11.5 Å².